The van der Waals surface area contributed by atoms with E-state index in [4.69, 9.17) is 16.9 Å². The Morgan fingerprint density at radius 2 is 2.06 bits per heavy atom. The van der Waals surface area contributed by atoms with Crippen LogP contribution in [0.4, 0.5) is 5.69 Å². The molecule has 1 aromatic rings. The predicted molar refractivity (Wildman–Crippen MR) is 66.8 cm³/mol. The van der Waals surface area contributed by atoms with Crippen molar-refractivity contribution in [3.63, 3.8) is 0 Å². The Morgan fingerprint density at radius 3 is 2.62 bits per heavy atom. The zero-order valence-electron chi connectivity index (χ0n) is 9.41. The fraction of sp³-hybridized carbons (Fsp3) is 0.462. The molecule has 0 unspecified atom stereocenters. The first-order valence-corrected chi connectivity index (χ1v) is 6.02. The average molecular weight is 235 g/mol. The van der Waals surface area contributed by atoms with Crippen LogP contribution >= 0.6 is 11.6 Å². The van der Waals surface area contributed by atoms with Gasteiger partial charge in [0.05, 0.1) is 10.6 Å². The summed E-state index contributed by atoms with van der Waals surface area (Å²) in [6, 6.07) is 8.37. The zero-order valence-corrected chi connectivity index (χ0v) is 10.2. The number of nitrogens with zero attached hydrogens (tertiary/aromatic N) is 2. The Balaban J connectivity index is 2.20. The lowest BCUT2D eigenvalue weighted by Gasteiger charge is -2.26. The summed E-state index contributed by atoms with van der Waals surface area (Å²) >= 11 is 6.03. The van der Waals surface area contributed by atoms with Crippen LogP contribution in [-0.2, 0) is 0 Å². The van der Waals surface area contributed by atoms with Crippen LogP contribution in [0.5, 0.6) is 0 Å². The quantitative estimate of drug-likeness (QED) is 0.782. The first-order valence-electron chi connectivity index (χ1n) is 5.65. The van der Waals surface area contributed by atoms with Crippen molar-refractivity contribution in [1.82, 2.24) is 0 Å². The Hall–Kier alpha value is -1.20. The maximum atomic E-state index is 8.81. The van der Waals surface area contributed by atoms with Gasteiger partial charge < -0.3 is 4.90 Å². The van der Waals surface area contributed by atoms with Gasteiger partial charge in [-0.25, -0.2) is 0 Å². The molecule has 1 aliphatic carbocycles. The van der Waals surface area contributed by atoms with Crippen LogP contribution in [0.25, 0.3) is 0 Å². The zero-order chi connectivity index (χ0) is 11.5. The first-order chi connectivity index (χ1) is 7.72. The lowest BCUT2D eigenvalue weighted by Crippen LogP contribution is -2.28. The van der Waals surface area contributed by atoms with E-state index in [-0.39, 0.29) is 0 Å². The number of hydrogen-bond donors (Lipinski definition) is 0. The summed E-state index contributed by atoms with van der Waals surface area (Å²) in [6.45, 7) is 0. The molecule has 2 rings (SSSR count). The van der Waals surface area contributed by atoms with Crippen LogP contribution in [0, 0.1) is 11.3 Å². The van der Waals surface area contributed by atoms with Crippen LogP contribution in [0.15, 0.2) is 18.2 Å². The molecule has 1 fully saturated rings. The second-order valence-electron chi connectivity index (χ2n) is 4.33. The van der Waals surface area contributed by atoms with Crippen molar-refractivity contribution in [3.05, 3.63) is 28.8 Å². The van der Waals surface area contributed by atoms with E-state index in [0.717, 1.165) is 5.69 Å². The second-order valence-corrected chi connectivity index (χ2v) is 4.73. The molecule has 16 heavy (non-hydrogen) atoms. The molecule has 0 spiro atoms. The third kappa shape index (κ3) is 2.15. The van der Waals surface area contributed by atoms with E-state index in [1.54, 1.807) is 6.07 Å². The monoisotopic (exact) mass is 234 g/mol. The number of halogens is 1. The Labute approximate surface area is 101 Å². The molecular weight excluding hydrogens is 220 g/mol. The van der Waals surface area contributed by atoms with Gasteiger partial charge in [-0.05, 0) is 31.0 Å². The van der Waals surface area contributed by atoms with E-state index < -0.39 is 0 Å². The molecule has 0 saturated heterocycles. The van der Waals surface area contributed by atoms with E-state index in [0.29, 0.717) is 16.6 Å². The summed E-state index contributed by atoms with van der Waals surface area (Å²) in [7, 11) is 2.10. The molecule has 84 valence electrons. The van der Waals surface area contributed by atoms with Gasteiger partial charge >= 0.3 is 0 Å². The van der Waals surface area contributed by atoms with E-state index in [1.165, 1.54) is 25.7 Å². The molecule has 0 N–H and O–H groups in total. The fourth-order valence-corrected chi connectivity index (χ4v) is 2.53. The minimum absolute atomic E-state index is 0.546. The van der Waals surface area contributed by atoms with Gasteiger partial charge in [0.2, 0.25) is 0 Å². The van der Waals surface area contributed by atoms with Crippen molar-refractivity contribution in [2.24, 2.45) is 0 Å². The summed E-state index contributed by atoms with van der Waals surface area (Å²) in [5, 5.41) is 9.36. The van der Waals surface area contributed by atoms with Crippen LogP contribution in [0.2, 0.25) is 5.02 Å². The molecule has 0 aromatic heterocycles. The van der Waals surface area contributed by atoms with Crippen LogP contribution in [0.3, 0.4) is 0 Å². The number of hydrogen-bond acceptors (Lipinski definition) is 2. The minimum atomic E-state index is 0.546. The maximum Gasteiger partial charge on any atom is 0.101 e. The lowest BCUT2D eigenvalue weighted by atomic mass is 10.1. The summed E-state index contributed by atoms with van der Waals surface area (Å²) in [4.78, 5) is 2.28. The van der Waals surface area contributed by atoms with Crippen molar-refractivity contribution in [1.29, 1.82) is 5.26 Å². The molecule has 0 bridgehead atoms. The van der Waals surface area contributed by atoms with Gasteiger partial charge in [0, 0.05) is 18.8 Å². The van der Waals surface area contributed by atoms with E-state index >= 15 is 0 Å². The second kappa shape index (κ2) is 4.76. The summed E-state index contributed by atoms with van der Waals surface area (Å²) in [6.07, 6.45) is 5.15. The van der Waals surface area contributed by atoms with Gasteiger partial charge in [-0.3, -0.25) is 0 Å². The highest BCUT2D eigenvalue weighted by atomic mass is 35.5. The first kappa shape index (κ1) is 11.3. The smallest absolute Gasteiger partial charge is 0.101 e. The molecule has 0 atom stereocenters. The molecule has 1 aliphatic rings. The summed E-state index contributed by atoms with van der Waals surface area (Å²) < 4.78 is 0. The molecule has 2 nitrogen and oxygen atoms in total. The lowest BCUT2D eigenvalue weighted by molar-refractivity contribution is 0.653. The Morgan fingerprint density at radius 1 is 1.38 bits per heavy atom. The van der Waals surface area contributed by atoms with Crippen LogP contribution in [0.1, 0.15) is 31.2 Å². The Kier molecular flexibility index (Phi) is 3.36. The topological polar surface area (TPSA) is 27.0 Å². The van der Waals surface area contributed by atoms with Gasteiger partial charge in [0.1, 0.15) is 6.07 Å². The molecule has 0 radical (unpaired) electrons. The van der Waals surface area contributed by atoms with Crippen molar-refractivity contribution < 1.29 is 0 Å². The highest BCUT2D eigenvalue weighted by Gasteiger charge is 2.20. The highest BCUT2D eigenvalue weighted by molar-refractivity contribution is 6.32. The third-order valence-electron chi connectivity index (χ3n) is 3.35. The highest BCUT2D eigenvalue weighted by Crippen LogP contribution is 2.29. The van der Waals surface area contributed by atoms with Gasteiger partial charge in [0.25, 0.3) is 0 Å². The molecule has 0 aliphatic heterocycles. The van der Waals surface area contributed by atoms with E-state index in [9.17, 15) is 0 Å². The van der Waals surface area contributed by atoms with Crippen molar-refractivity contribution in [2.45, 2.75) is 31.7 Å². The molecule has 1 aromatic carbocycles. The fourth-order valence-electron chi connectivity index (χ4n) is 2.32. The number of nitriles is 1. The van der Waals surface area contributed by atoms with Gasteiger partial charge in [-0.2, -0.15) is 5.26 Å². The molecule has 3 heteroatoms. The maximum absolute atomic E-state index is 8.81. The van der Waals surface area contributed by atoms with Crippen molar-refractivity contribution >= 4 is 17.3 Å². The Bertz CT molecular complexity index is 416. The summed E-state index contributed by atoms with van der Waals surface area (Å²) in [5.41, 5.74) is 1.65. The molecule has 1 saturated carbocycles. The normalized spacial score (nSPS) is 16.1. The van der Waals surface area contributed by atoms with E-state index in [2.05, 4.69) is 18.0 Å². The average Bonchev–Trinajstić information content (AvgIpc) is 2.81. The molecule has 0 heterocycles. The largest absolute Gasteiger partial charge is 0.372 e. The number of rotatable bonds is 2. The standard InChI is InChI=1S/C13H15ClN2/c1-16(11-4-2-3-5-11)12-7-6-10(9-15)13(14)8-12/h6-8,11H,2-5H2,1H3. The number of benzene rings is 1. The summed E-state index contributed by atoms with van der Waals surface area (Å²) in [5.74, 6) is 0. The van der Waals surface area contributed by atoms with Crippen LogP contribution < -0.4 is 4.90 Å². The van der Waals surface area contributed by atoms with Gasteiger partial charge in [0.15, 0.2) is 0 Å². The number of anilines is 1. The molecule has 0 amide bonds. The third-order valence-corrected chi connectivity index (χ3v) is 3.67. The SMILES string of the molecule is CN(c1ccc(C#N)c(Cl)c1)C1CCCC1. The predicted octanol–water partition coefficient (Wildman–Crippen LogP) is 3.59. The van der Waals surface area contributed by atoms with Crippen molar-refractivity contribution in [2.75, 3.05) is 11.9 Å². The van der Waals surface area contributed by atoms with Gasteiger partial charge in [-0.1, -0.05) is 24.4 Å². The van der Waals surface area contributed by atoms with Gasteiger partial charge in [-0.15, -0.1) is 0 Å². The van der Waals surface area contributed by atoms with Crippen LogP contribution in [-0.4, -0.2) is 13.1 Å². The minimum Gasteiger partial charge on any atom is -0.372 e. The van der Waals surface area contributed by atoms with E-state index in [1.807, 2.05) is 12.1 Å². The molecular formula is C13H15ClN2. The van der Waals surface area contributed by atoms with Crippen molar-refractivity contribution in [3.8, 4) is 6.07 Å².